The van der Waals surface area contributed by atoms with Crippen molar-refractivity contribution in [3.8, 4) is 0 Å². The Bertz CT molecular complexity index is 756. The van der Waals surface area contributed by atoms with Gasteiger partial charge in [0.2, 0.25) is 6.29 Å². The van der Waals surface area contributed by atoms with Gasteiger partial charge in [-0.05, 0) is 6.92 Å². The van der Waals surface area contributed by atoms with E-state index in [9.17, 15) is 34.5 Å². The second-order valence-electron chi connectivity index (χ2n) is 7.89. The summed E-state index contributed by atoms with van der Waals surface area (Å²) < 4.78 is 37.5. The van der Waals surface area contributed by atoms with Gasteiger partial charge in [-0.25, -0.2) is 0 Å². The van der Waals surface area contributed by atoms with Crippen LogP contribution < -0.4 is 0 Å². The number of carbonyl (C=O) groups excluding carboxylic acids is 4. The number of rotatable bonds is 7. The number of ether oxygens (including phenoxy) is 7. The van der Waals surface area contributed by atoms with Crippen molar-refractivity contribution in [3.63, 3.8) is 0 Å². The number of aliphatic hydroxyl groups is 3. The number of hydrogen-bond donors (Lipinski definition) is 3. The largest absolute Gasteiger partial charge is 0.463 e. The van der Waals surface area contributed by atoms with E-state index >= 15 is 0 Å². The van der Waals surface area contributed by atoms with Gasteiger partial charge in [-0.3, -0.25) is 19.2 Å². The Morgan fingerprint density at radius 2 is 1.24 bits per heavy atom. The summed E-state index contributed by atoms with van der Waals surface area (Å²) in [6.45, 7) is 5.29. The van der Waals surface area contributed by atoms with Crippen LogP contribution in [0, 0.1) is 0 Å². The molecule has 2 aliphatic rings. The van der Waals surface area contributed by atoms with E-state index in [1.807, 2.05) is 0 Å². The first-order valence-corrected chi connectivity index (χ1v) is 10.5. The predicted molar refractivity (Wildman–Crippen MR) is 105 cm³/mol. The summed E-state index contributed by atoms with van der Waals surface area (Å²) in [6, 6.07) is 0. The zero-order valence-electron chi connectivity index (χ0n) is 19.3. The lowest BCUT2D eigenvalue weighted by atomic mass is 9.97. The lowest BCUT2D eigenvalue weighted by Crippen LogP contribution is -2.65. The Labute approximate surface area is 194 Å². The van der Waals surface area contributed by atoms with Crippen LogP contribution >= 0.6 is 0 Å². The van der Waals surface area contributed by atoms with E-state index in [1.165, 1.54) is 6.92 Å². The van der Waals surface area contributed by atoms with E-state index in [0.29, 0.717) is 0 Å². The van der Waals surface area contributed by atoms with Gasteiger partial charge in [-0.15, -0.1) is 0 Å². The van der Waals surface area contributed by atoms with Gasteiger partial charge >= 0.3 is 23.9 Å². The summed E-state index contributed by atoms with van der Waals surface area (Å²) >= 11 is 0. The molecule has 2 fully saturated rings. The van der Waals surface area contributed by atoms with Crippen LogP contribution in [0.2, 0.25) is 0 Å². The standard InChI is InChI=1S/C20H30O14/c1-7-13(25)14(26)15(27)19(29-7)34-18-17(31-10(4)23)16(30-9(3)22)12(6-28-8(2)21)33-20(18)32-11(5)24/h7,12-20,25-27H,6H2,1-5H3/t7-,12?,13?,14?,15-,16-,17?,18?,19?,20-/m0/s1. The average Bonchev–Trinajstić information content (AvgIpc) is 2.71. The third kappa shape index (κ3) is 7.07. The van der Waals surface area contributed by atoms with Crippen molar-refractivity contribution in [1.82, 2.24) is 0 Å². The van der Waals surface area contributed by atoms with Crippen LogP contribution in [0.1, 0.15) is 34.6 Å². The highest BCUT2D eigenvalue weighted by Crippen LogP contribution is 2.33. The topological polar surface area (TPSA) is 194 Å². The molecule has 34 heavy (non-hydrogen) atoms. The van der Waals surface area contributed by atoms with Gasteiger partial charge < -0.3 is 48.5 Å². The maximum Gasteiger partial charge on any atom is 0.305 e. The van der Waals surface area contributed by atoms with Gasteiger partial charge in [0, 0.05) is 27.7 Å². The Morgan fingerprint density at radius 3 is 1.76 bits per heavy atom. The Morgan fingerprint density at radius 1 is 0.676 bits per heavy atom. The lowest BCUT2D eigenvalue weighted by molar-refractivity contribution is -0.360. The number of esters is 4. The van der Waals surface area contributed by atoms with Crippen molar-refractivity contribution in [1.29, 1.82) is 0 Å². The molecular formula is C20H30O14. The maximum atomic E-state index is 11.9. The van der Waals surface area contributed by atoms with Crippen LogP contribution in [0.15, 0.2) is 0 Å². The number of aliphatic hydroxyl groups excluding tert-OH is 3. The molecule has 0 aromatic carbocycles. The molecule has 0 spiro atoms. The van der Waals surface area contributed by atoms with E-state index in [0.717, 1.165) is 27.7 Å². The fraction of sp³-hybridized carbons (Fsp3) is 0.800. The van der Waals surface area contributed by atoms with Gasteiger partial charge in [0.05, 0.1) is 6.10 Å². The van der Waals surface area contributed by atoms with E-state index in [4.69, 9.17) is 33.2 Å². The first-order chi connectivity index (χ1) is 15.8. The second-order valence-corrected chi connectivity index (χ2v) is 7.89. The molecule has 0 amide bonds. The molecule has 14 nitrogen and oxygen atoms in total. The molecule has 3 N–H and O–H groups in total. The molecule has 2 aliphatic heterocycles. The van der Waals surface area contributed by atoms with Crippen molar-refractivity contribution >= 4 is 23.9 Å². The molecule has 0 saturated carbocycles. The first-order valence-electron chi connectivity index (χ1n) is 10.5. The minimum atomic E-state index is -1.76. The fourth-order valence-electron chi connectivity index (χ4n) is 3.56. The first kappa shape index (κ1) is 27.9. The second kappa shape index (κ2) is 11.9. The summed E-state index contributed by atoms with van der Waals surface area (Å²) in [5, 5.41) is 30.3. The molecule has 2 heterocycles. The Kier molecular flexibility index (Phi) is 9.73. The maximum absolute atomic E-state index is 11.9. The van der Waals surface area contributed by atoms with Crippen molar-refractivity contribution in [2.45, 2.75) is 96.0 Å². The molecule has 0 aliphatic carbocycles. The van der Waals surface area contributed by atoms with Crippen LogP contribution in [0.3, 0.4) is 0 Å². The molecule has 14 heteroatoms. The average molecular weight is 494 g/mol. The third-order valence-electron chi connectivity index (χ3n) is 5.03. The van der Waals surface area contributed by atoms with Crippen LogP contribution in [0.25, 0.3) is 0 Å². The van der Waals surface area contributed by atoms with Crippen molar-refractivity contribution in [2.24, 2.45) is 0 Å². The quantitative estimate of drug-likeness (QED) is 0.258. The Hall–Kier alpha value is -2.36. The van der Waals surface area contributed by atoms with Crippen molar-refractivity contribution in [3.05, 3.63) is 0 Å². The summed E-state index contributed by atoms with van der Waals surface area (Å²) in [7, 11) is 0. The third-order valence-corrected chi connectivity index (χ3v) is 5.03. The fourth-order valence-corrected chi connectivity index (χ4v) is 3.56. The highest BCUT2D eigenvalue weighted by Gasteiger charge is 2.55. The molecule has 6 unspecified atom stereocenters. The highest BCUT2D eigenvalue weighted by molar-refractivity contribution is 5.68. The number of carbonyl (C=O) groups is 4. The van der Waals surface area contributed by atoms with Gasteiger partial charge in [-0.1, -0.05) is 0 Å². The molecular weight excluding hydrogens is 464 g/mol. The highest BCUT2D eigenvalue weighted by atomic mass is 16.8. The van der Waals surface area contributed by atoms with E-state index in [-0.39, 0.29) is 0 Å². The number of hydrogen-bond acceptors (Lipinski definition) is 14. The zero-order chi connectivity index (χ0) is 25.7. The van der Waals surface area contributed by atoms with E-state index < -0.39 is 91.9 Å². The Balaban J connectivity index is 2.44. The molecule has 194 valence electrons. The minimum absolute atomic E-state index is 0.458. The van der Waals surface area contributed by atoms with Crippen LogP contribution in [0.5, 0.6) is 0 Å². The predicted octanol–water partition coefficient (Wildman–Crippen LogP) is -2.09. The van der Waals surface area contributed by atoms with Gasteiger partial charge in [0.15, 0.2) is 24.6 Å². The summed E-state index contributed by atoms with van der Waals surface area (Å²) in [4.78, 5) is 46.7. The summed E-state index contributed by atoms with van der Waals surface area (Å²) in [5.41, 5.74) is 0. The summed E-state index contributed by atoms with van der Waals surface area (Å²) in [5.74, 6) is -3.15. The van der Waals surface area contributed by atoms with Crippen molar-refractivity contribution in [2.75, 3.05) is 6.61 Å². The molecule has 2 saturated heterocycles. The monoisotopic (exact) mass is 494 g/mol. The van der Waals surface area contributed by atoms with Crippen LogP contribution in [-0.4, -0.2) is 107 Å². The van der Waals surface area contributed by atoms with Gasteiger partial charge in [0.1, 0.15) is 31.0 Å². The molecule has 10 atom stereocenters. The smallest absolute Gasteiger partial charge is 0.305 e. The molecule has 0 bridgehead atoms. The molecule has 0 radical (unpaired) electrons. The van der Waals surface area contributed by atoms with Crippen molar-refractivity contribution < 1.29 is 67.7 Å². The zero-order valence-corrected chi connectivity index (χ0v) is 19.3. The van der Waals surface area contributed by atoms with Crippen LogP contribution in [0.4, 0.5) is 0 Å². The summed E-state index contributed by atoms with van der Waals surface area (Å²) in [6.07, 6.45) is -14.7. The lowest BCUT2D eigenvalue weighted by Gasteiger charge is -2.46. The minimum Gasteiger partial charge on any atom is -0.463 e. The SMILES string of the molecule is CC(=O)OCC1O[C@H](OC(C)=O)C(OC2O[C@@H](C)C(O)C(O)[C@@H]2O)C(OC(C)=O)[C@H]1OC(C)=O. The molecule has 2 rings (SSSR count). The van der Waals surface area contributed by atoms with Crippen LogP contribution in [-0.2, 0) is 52.3 Å². The molecule has 0 aromatic heterocycles. The van der Waals surface area contributed by atoms with Gasteiger partial charge in [0.25, 0.3) is 0 Å². The normalized spacial score (nSPS) is 37.9. The molecule has 0 aromatic rings. The van der Waals surface area contributed by atoms with E-state index in [1.54, 1.807) is 0 Å². The van der Waals surface area contributed by atoms with E-state index in [2.05, 4.69) is 0 Å². The van der Waals surface area contributed by atoms with Gasteiger partial charge in [-0.2, -0.15) is 0 Å².